The number of hydrogen-bond acceptors (Lipinski definition) is 4. The van der Waals surface area contributed by atoms with Crippen molar-refractivity contribution in [2.45, 2.75) is 0 Å². The quantitative estimate of drug-likeness (QED) is 0.481. The number of aromatic hydroxyl groups is 2. The van der Waals surface area contributed by atoms with Crippen LogP contribution in [0.5, 0.6) is 11.5 Å². The van der Waals surface area contributed by atoms with Gasteiger partial charge in [-0.3, -0.25) is 0 Å². The van der Waals surface area contributed by atoms with Crippen LogP contribution in [0.25, 0.3) is 10.8 Å². The Balaban J connectivity index is 2.08. The van der Waals surface area contributed by atoms with Gasteiger partial charge in [-0.05, 0) is 24.3 Å². The first kappa shape index (κ1) is 13.6. The third kappa shape index (κ3) is 2.73. The van der Waals surface area contributed by atoms with E-state index in [0.717, 1.165) is 9.86 Å². The smallest absolute Gasteiger partial charge is 0.165 e. The van der Waals surface area contributed by atoms with Gasteiger partial charge in [0, 0.05) is 21.3 Å². The number of fused-ring (bicyclic) bond motifs is 1. The Labute approximate surface area is 129 Å². The highest BCUT2D eigenvalue weighted by Crippen LogP contribution is 2.40. The number of benzene rings is 3. The molecule has 0 atom stereocenters. The van der Waals surface area contributed by atoms with E-state index in [4.69, 9.17) is 0 Å². The molecule has 21 heavy (non-hydrogen) atoms. The minimum atomic E-state index is -0.210. The van der Waals surface area contributed by atoms with Crippen LogP contribution >= 0.6 is 15.9 Å². The molecule has 0 saturated heterocycles. The summed E-state index contributed by atoms with van der Waals surface area (Å²) >= 11 is 3.36. The summed E-state index contributed by atoms with van der Waals surface area (Å²) in [6.07, 6.45) is 0. The van der Waals surface area contributed by atoms with Gasteiger partial charge >= 0.3 is 0 Å². The van der Waals surface area contributed by atoms with Crippen molar-refractivity contribution in [3.05, 3.63) is 59.1 Å². The number of phenolic OH excluding ortho intramolecular Hbond substituents is 2. The van der Waals surface area contributed by atoms with E-state index in [0.29, 0.717) is 16.8 Å². The molecule has 0 radical (unpaired) electrons. The molecular weight excluding hydrogens is 332 g/mol. The monoisotopic (exact) mass is 342 g/mol. The third-order valence-corrected chi connectivity index (χ3v) is 3.60. The lowest BCUT2D eigenvalue weighted by Gasteiger charge is -2.05. The van der Waals surface area contributed by atoms with Gasteiger partial charge in [0.1, 0.15) is 0 Å². The first-order chi connectivity index (χ1) is 10.1. The Morgan fingerprint density at radius 3 is 2.19 bits per heavy atom. The minimum Gasteiger partial charge on any atom is -0.504 e. The molecule has 5 heteroatoms. The predicted octanol–water partition coefficient (Wildman–Crippen LogP) is 5.43. The van der Waals surface area contributed by atoms with Gasteiger partial charge in [0.05, 0.1) is 11.4 Å². The van der Waals surface area contributed by atoms with Gasteiger partial charge in [0.2, 0.25) is 0 Å². The average Bonchev–Trinajstić information content (AvgIpc) is 2.51. The van der Waals surface area contributed by atoms with Crippen molar-refractivity contribution >= 4 is 38.1 Å². The first-order valence-electron chi connectivity index (χ1n) is 6.26. The molecular formula is C16H11BrN2O2. The molecule has 0 fully saturated rings. The molecule has 4 nitrogen and oxygen atoms in total. The van der Waals surface area contributed by atoms with Crippen LogP contribution in [-0.4, -0.2) is 10.2 Å². The first-order valence-corrected chi connectivity index (χ1v) is 7.05. The third-order valence-electron chi connectivity index (χ3n) is 3.07. The van der Waals surface area contributed by atoms with E-state index in [9.17, 15) is 10.2 Å². The summed E-state index contributed by atoms with van der Waals surface area (Å²) in [5, 5.41) is 29.2. The SMILES string of the molecule is Oc1cc(N=Nc2ccc(Br)cc2)c2ccccc2c1O. The second-order valence-electron chi connectivity index (χ2n) is 4.49. The summed E-state index contributed by atoms with van der Waals surface area (Å²) in [4.78, 5) is 0. The molecule has 104 valence electrons. The zero-order valence-electron chi connectivity index (χ0n) is 10.9. The molecule has 0 aliphatic heterocycles. The van der Waals surface area contributed by atoms with Gasteiger partial charge in [0.15, 0.2) is 11.5 Å². The zero-order chi connectivity index (χ0) is 14.8. The average molecular weight is 343 g/mol. The molecule has 0 aliphatic rings. The Bertz CT molecular complexity index is 830. The van der Waals surface area contributed by atoms with E-state index in [1.54, 1.807) is 12.1 Å². The molecule has 0 spiro atoms. The van der Waals surface area contributed by atoms with E-state index < -0.39 is 0 Å². The maximum atomic E-state index is 9.87. The summed E-state index contributed by atoms with van der Waals surface area (Å²) in [6.45, 7) is 0. The van der Waals surface area contributed by atoms with Crippen LogP contribution in [0.2, 0.25) is 0 Å². The molecule has 0 bridgehead atoms. The topological polar surface area (TPSA) is 65.2 Å². The van der Waals surface area contributed by atoms with Gasteiger partial charge in [-0.2, -0.15) is 5.11 Å². The van der Waals surface area contributed by atoms with Crippen molar-refractivity contribution in [3.8, 4) is 11.5 Å². The summed E-state index contributed by atoms with van der Waals surface area (Å²) < 4.78 is 0.967. The van der Waals surface area contributed by atoms with Crippen molar-refractivity contribution in [2.75, 3.05) is 0 Å². The molecule has 0 unspecified atom stereocenters. The Morgan fingerprint density at radius 2 is 1.48 bits per heavy atom. The summed E-state index contributed by atoms with van der Waals surface area (Å²) in [7, 11) is 0. The Hall–Kier alpha value is -2.40. The summed E-state index contributed by atoms with van der Waals surface area (Å²) in [5.41, 5.74) is 1.21. The fourth-order valence-electron chi connectivity index (χ4n) is 2.03. The van der Waals surface area contributed by atoms with Crippen molar-refractivity contribution in [1.82, 2.24) is 0 Å². The predicted molar refractivity (Wildman–Crippen MR) is 85.6 cm³/mol. The molecule has 0 amide bonds. The van der Waals surface area contributed by atoms with Crippen molar-refractivity contribution in [1.29, 1.82) is 0 Å². The molecule has 0 saturated carbocycles. The highest BCUT2D eigenvalue weighted by molar-refractivity contribution is 9.10. The molecule has 0 heterocycles. The van der Waals surface area contributed by atoms with Crippen molar-refractivity contribution in [3.63, 3.8) is 0 Å². The lowest BCUT2D eigenvalue weighted by Crippen LogP contribution is -1.76. The molecule has 3 aromatic rings. The van der Waals surface area contributed by atoms with Gasteiger partial charge in [0.25, 0.3) is 0 Å². The number of hydrogen-bond donors (Lipinski definition) is 2. The molecule has 0 aliphatic carbocycles. The number of rotatable bonds is 2. The van der Waals surface area contributed by atoms with Gasteiger partial charge in [-0.25, -0.2) is 0 Å². The molecule has 2 N–H and O–H groups in total. The van der Waals surface area contributed by atoms with E-state index in [1.165, 1.54) is 6.07 Å². The van der Waals surface area contributed by atoms with E-state index in [2.05, 4.69) is 26.2 Å². The van der Waals surface area contributed by atoms with E-state index in [1.807, 2.05) is 36.4 Å². The second-order valence-corrected chi connectivity index (χ2v) is 5.40. The maximum Gasteiger partial charge on any atom is 0.165 e. The molecule has 3 rings (SSSR count). The Morgan fingerprint density at radius 1 is 0.810 bits per heavy atom. The van der Waals surface area contributed by atoms with Crippen LogP contribution in [0.3, 0.4) is 0 Å². The van der Waals surface area contributed by atoms with Gasteiger partial charge in [-0.15, -0.1) is 5.11 Å². The fourth-order valence-corrected chi connectivity index (χ4v) is 2.29. The zero-order valence-corrected chi connectivity index (χ0v) is 12.4. The van der Waals surface area contributed by atoms with Crippen LogP contribution in [0, 0.1) is 0 Å². The van der Waals surface area contributed by atoms with Crippen LogP contribution in [0.1, 0.15) is 0 Å². The maximum absolute atomic E-state index is 9.87. The van der Waals surface area contributed by atoms with Crippen molar-refractivity contribution in [2.24, 2.45) is 10.2 Å². The van der Waals surface area contributed by atoms with Crippen molar-refractivity contribution < 1.29 is 10.2 Å². The van der Waals surface area contributed by atoms with Crippen LogP contribution < -0.4 is 0 Å². The normalized spacial score (nSPS) is 11.3. The standard InChI is InChI=1S/C16H11BrN2O2/c17-10-5-7-11(8-6-10)18-19-14-9-15(20)16(21)13-4-2-1-3-12(13)14/h1-9,20-21H. The Kier molecular flexibility index (Phi) is 3.58. The largest absolute Gasteiger partial charge is 0.504 e. The van der Waals surface area contributed by atoms with Gasteiger partial charge < -0.3 is 10.2 Å². The molecule has 3 aromatic carbocycles. The number of phenols is 2. The van der Waals surface area contributed by atoms with E-state index in [-0.39, 0.29) is 11.5 Å². The molecule has 0 aromatic heterocycles. The number of halogens is 1. The summed E-state index contributed by atoms with van der Waals surface area (Å²) in [6, 6.07) is 16.0. The number of nitrogens with zero attached hydrogens (tertiary/aromatic N) is 2. The highest BCUT2D eigenvalue weighted by atomic mass is 79.9. The van der Waals surface area contributed by atoms with E-state index >= 15 is 0 Å². The highest BCUT2D eigenvalue weighted by Gasteiger charge is 2.09. The van der Waals surface area contributed by atoms with Crippen LogP contribution in [0.15, 0.2) is 69.3 Å². The minimum absolute atomic E-state index is 0.145. The van der Waals surface area contributed by atoms with Crippen LogP contribution in [0.4, 0.5) is 11.4 Å². The lowest BCUT2D eigenvalue weighted by molar-refractivity contribution is 0.408. The fraction of sp³-hybridized carbons (Fsp3) is 0. The van der Waals surface area contributed by atoms with Gasteiger partial charge in [-0.1, -0.05) is 40.2 Å². The second kappa shape index (κ2) is 5.54. The summed E-state index contributed by atoms with van der Waals surface area (Å²) in [5.74, 6) is -0.355. The number of azo groups is 1. The van der Waals surface area contributed by atoms with Crippen LogP contribution in [-0.2, 0) is 0 Å². The lowest BCUT2D eigenvalue weighted by atomic mass is 10.1.